The van der Waals surface area contributed by atoms with E-state index in [1.807, 2.05) is 6.07 Å². The first-order valence-corrected chi connectivity index (χ1v) is 11.9. The number of sulfonamides is 1. The molecular weight excluding hydrogens is 456 g/mol. The molecule has 1 amide bonds. The normalized spacial score (nSPS) is 11.4. The molecule has 34 heavy (non-hydrogen) atoms. The van der Waals surface area contributed by atoms with Gasteiger partial charge in [0.2, 0.25) is 11.9 Å². The van der Waals surface area contributed by atoms with Gasteiger partial charge in [0.05, 0.1) is 18.6 Å². The van der Waals surface area contributed by atoms with Crippen LogP contribution >= 0.6 is 0 Å². The van der Waals surface area contributed by atoms with Crippen LogP contribution in [0.3, 0.4) is 0 Å². The Kier molecular flexibility index (Phi) is 8.20. The molecule has 0 radical (unpaired) electrons. The van der Waals surface area contributed by atoms with Crippen molar-refractivity contribution in [2.45, 2.75) is 18.7 Å². The molecular formula is C24H26N4O5S. The summed E-state index contributed by atoms with van der Waals surface area (Å²) in [6.07, 6.45) is 5.89. The molecule has 0 saturated carbocycles. The molecule has 0 aliphatic heterocycles. The third kappa shape index (κ3) is 7.04. The molecule has 1 aromatic heterocycles. The Morgan fingerprint density at radius 1 is 1.06 bits per heavy atom. The Balaban J connectivity index is 1.61. The molecule has 3 aromatic rings. The number of carbonyl (C=O) groups is 1. The molecule has 10 heteroatoms. The molecule has 0 bridgehead atoms. The summed E-state index contributed by atoms with van der Waals surface area (Å²) in [7, 11) is -2.29. The molecule has 9 nitrogen and oxygen atoms in total. The number of aromatic nitrogens is 2. The second-order valence-corrected chi connectivity index (χ2v) is 9.32. The Hall–Kier alpha value is -3.92. The minimum atomic E-state index is -3.85. The second kappa shape index (κ2) is 11.3. The van der Waals surface area contributed by atoms with Crippen molar-refractivity contribution in [2.75, 3.05) is 23.8 Å². The monoisotopic (exact) mass is 482 g/mol. The van der Waals surface area contributed by atoms with Gasteiger partial charge in [0.15, 0.2) is 11.5 Å². The number of rotatable bonds is 10. The fourth-order valence-corrected chi connectivity index (χ4v) is 3.73. The highest BCUT2D eigenvalue weighted by atomic mass is 32.2. The van der Waals surface area contributed by atoms with Crippen LogP contribution in [-0.2, 0) is 14.8 Å². The van der Waals surface area contributed by atoms with Crippen LogP contribution in [0, 0.1) is 5.92 Å². The van der Waals surface area contributed by atoms with Crippen molar-refractivity contribution in [3.05, 3.63) is 72.6 Å². The van der Waals surface area contributed by atoms with Gasteiger partial charge >= 0.3 is 0 Å². The van der Waals surface area contributed by atoms with E-state index < -0.39 is 10.0 Å². The van der Waals surface area contributed by atoms with Gasteiger partial charge in [-0.05, 0) is 60.0 Å². The maximum Gasteiger partial charge on any atom is 0.264 e. The van der Waals surface area contributed by atoms with Gasteiger partial charge in [0, 0.05) is 24.2 Å². The number of benzene rings is 2. The van der Waals surface area contributed by atoms with Crippen molar-refractivity contribution >= 4 is 33.6 Å². The molecule has 0 spiro atoms. The molecule has 0 unspecified atom stereocenters. The lowest BCUT2D eigenvalue weighted by molar-refractivity contribution is -0.111. The summed E-state index contributed by atoms with van der Waals surface area (Å²) in [5.41, 5.74) is 1.21. The minimum absolute atomic E-state index is 0.0142. The van der Waals surface area contributed by atoms with Gasteiger partial charge in [-0.25, -0.2) is 23.1 Å². The highest BCUT2D eigenvalue weighted by Crippen LogP contribution is 2.29. The van der Waals surface area contributed by atoms with E-state index >= 15 is 0 Å². The molecule has 3 rings (SSSR count). The van der Waals surface area contributed by atoms with Gasteiger partial charge in [-0.2, -0.15) is 0 Å². The lowest BCUT2D eigenvalue weighted by atomic mass is 10.2. The molecule has 2 N–H and O–H groups in total. The average molecular weight is 483 g/mol. The minimum Gasteiger partial charge on any atom is -0.493 e. The molecule has 0 atom stereocenters. The largest absolute Gasteiger partial charge is 0.493 e. The fourth-order valence-electron chi connectivity index (χ4n) is 2.77. The van der Waals surface area contributed by atoms with Gasteiger partial charge in [-0.1, -0.05) is 19.9 Å². The van der Waals surface area contributed by atoms with Crippen molar-refractivity contribution in [3.63, 3.8) is 0 Å². The Bertz CT molecular complexity index is 1240. The first-order valence-electron chi connectivity index (χ1n) is 10.5. The van der Waals surface area contributed by atoms with Gasteiger partial charge < -0.3 is 14.8 Å². The predicted octanol–water partition coefficient (Wildman–Crippen LogP) is 3.97. The van der Waals surface area contributed by atoms with Crippen LogP contribution in [0.25, 0.3) is 6.08 Å². The van der Waals surface area contributed by atoms with Gasteiger partial charge in [0.25, 0.3) is 10.0 Å². The lowest BCUT2D eigenvalue weighted by Crippen LogP contribution is -2.15. The summed E-state index contributed by atoms with van der Waals surface area (Å²) in [6.45, 7) is 4.70. The van der Waals surface area contributed by atoms with Gasteiger partial charge in [-0.15, -0.1) is 0 Å². The van der Waals surface area contributed by atoms with E-state index in [4.69, 9.17) is 9.47 Å². The molecule has 0 aliphatic carbocycles. The molecule has 0 saturated heterocycles. The molecule has 0 aliphatic rings. The molecule has 1 heterocycles. The Morgan fingerprint density at radius 3 is 2.41 bits per heavy atom. The average Bonchev–Trinajstić information content (AvgIpc) is 2.82. The first kappa shape index (κ1) is 24.7. The maximum absolute atomic E-state index is 12.4. The van der Waals surface area contributed by atoms with Crippen LogP contribution in [0.2, 0.25) is 0 Å². The van der Waals surface area contributed by atoms with E-state index in [9.17, 15) is 13.2 Å². The number of carbonyl (C=O) groups excluding carboxylic acids is 1. The summed E-state index contributed by atoms with van der Waals surface area (Å²) in [4.78, 5) is 20.0. The van der Waals surface area contributed by atoms with E-state index in [1.165, 1.54) is 42.7 Å². The lowest BCUT2D eigenvalue weighted by Gasteiger charge is -2.12. The molecule has 2 aromatic carbocycles. The zero-order chi connectivity index (χ0) is 24.6. The smallest absolute Gasteiger partial charge is 0.264 e. The summed E-state index contributed by atoms with van der Waals surface area (Å²) in [5.74, 6) is 1.21. The van der Waals surface area contributed by atoms with E-state index in [1.54, 1.807) is 31.4 Å². The van der Waals surface area contributed by atoms with Crippen molar-refractivity contribution in [3.8, 4) is 11.5 Å². The van der Waals surface area contributed by atoms with Crippen LogP contribution in [-0.4, -0.2) is 38.0 Å². The standard InChI is InChI=1S/C24H26N4O5S/c1-17(2)16-33-21-11-5-18(15-22(21)32-3)6-12-23(29)27-19-7-9-20(10-8-19)34(30,31)28-24-25-13-4-14-26-24/h4-15,17H,16H2,1-3H3,(H,27,29)(H,25,26,28)/b12-6+. The van der Waals surface area contributed by atoms with Crippen LogP contribution in [0.4, 0.5) is 11.6 Å². The highest BCUT2D eigenvalue weighted by molar-refractivity contribution is 7.92. The molecule has 0 fully saturated rings. The van der Waals surface area contributed by atoms with E-state index in [0.717, 1.165) is 5.56 Å². The number of nitrogens with zero attached hydrogens (tertiary/aromatic N) is 2. The quantitative estimate of drug-likeness (QED) is 0.420. The Labute approximate surface area is 198 Å². The summed E-state index contributed by atoms with van der Waals surface area (Å²) in [6, 6.07) is 12.7. The van der Waals surface area contributed by atoms with Crippen molar-refractivity contribution in [1.29, 1.82) is 0 Å². The van der Waals surface area contributed by atoms with E-state index in [2.05, 4.69) is 33.9 Å². The van der Waals surface area contributed by atoms with Crippen LogP contribution in [0.5, 0.6) is 11.5 Å². The van der Waals surface area contributed by atoms with Crippen LogP contribution in [0.1, 0.15) is 19.4 Å². The zero-order valence-electron chi connectivity index (χ0n) is 19.1. The third-order valence-electron chi connectivity index (χ3n) is 4.41. The summed E-state index contributed by atoms with van der Waals surface area (Å²) < 4.78 is 38.3. The van der Waals surface area contributed by atoms with Gasteiger partial charge in [0.1, 0.15) is 0 Å². The zero-order valence-corrected chi connectivity index (χ0v) is 19.9. The molecule has 178 valence electrons. The van der Waals surface area contributed by atoms with Crippen molar-refractivity contribution in [2.24, 2.45) is 5.92 Å². The fraction of sp³-hybridized carbons (Fsp3) is 0.208. The predicted molar refractivity (Wildman–Crippen MR) is 130 cm³/mol. The topological polar surface area (TPSA) is 120 Å². The van der Waals surface area contributed by atoms with E-state index in [-0.39, 0.29) is 16.8 Å². The third-order valence-corrected chi connectivity index (χ3v) is 5.75. The number of nitrogens with one attached hydrogen (secondary N) is 2. The Morgan fingerprint density at radius 2 is 1.76 bits per heavy atom. The summed E-state index contributed by atoms with van der Waals surface area (Å²) in [5, 5.41) is 2.69. The van der Waals surface area contributed by atoms with Crippen molar-refractivity contribution < 1.29 is 22.7 Å². The number of hydrogen-bond donors (Lipinski definition) is 2. The number of anilines is 2. The van der Waals surface area contributed by atoms with Crippen molar-refractivity contribution in [1.82, 2.24) is 9.97 Å². The number of methoxy groups -OCH3 is 1. The first-order chi connectivity index (χ1) is 16.3. The highest BCUT2D eigenvalue weighted by Gasteiger charge is 2.15. The number of hydrogen-bond acceptors (Lipinski definition) is 7. The van der Waals surface area contributed by atoms with Crippen LogP contribution in [0.15, 0.2) is 71.9 Å². The number of ether oxygens (including phenoxy) is 2. The van der Waals surface area contributed by atoms with Crippen LogP contribution < -0.4 is 19.5 Å². The maximum atomic E-state index is 12.4. The number of amides is 1. The summed E-state index contributed by atoms with van der Waals surface area (Å²) >= 11 is 0. The second-order valence-electron chi connectivity index (χ2n) is 7.64. The van der Waals surface area contributed by atoms with Gasteiger partial charge in [-0.3, -0.25) is 4.79 Å². The van der Waals surface area contributed by atoms with E-state index in [0.29, 0.717) is 29.7 Å². The SMILES string of the molecule is COc1cc(/C=C/C(=O)Nc2ccc(S(=O)(=O)Nc3ncccn3)cc2)ccc1OCC(C)C.